The topological polar surface area (TPSA) is 96.5 Å². The smallest absolute Gasteiger partial charge is 0.339 e. The van der Waals surface area contributed by atoms with Gasteiger partial charge in [0.05, 0.1) is 22.3 Å². The van der Waals surface area contributed by atoms with Crippen LogP contribution < -0.4 is 0 Å². The van der Waals surface area contributed by atoms with E-state index in [2.05, 4.69) is 14.7 Å². The van der Waals surface area contributed by atoms with Gasteiger partial charge in [0.1, 0.15) is 0 Å². The molecule has 0 aliphatic heterocycles. The molecule has 0 N–H and O–H groups in total. The first-order valence-corrected chi connectivity index (χ1v) is 12.2. The Morgan fingerprint density at radius 2 is 1.86 bits per heavy atom. The van der Waals surface area contributed by atoms with Crippen molar-refractivity contribution in [1.82, 2.24) is 14.7 Å². The number of esters is 1. The van der Waals surface area contributed by atoms with Gasteiger partial charge in [-0.1, -0.05) is 5.16 Å². The molecule has 0 saturated heterocycles. The average molecular weight is 496 g/mol. The molecular formula is C26H29N3O5S. The van der Waals surface area contributed by atoms with E-state index in [-0.39, 0.29) is 23.7 Å². The van der Waals surface area contributed by atoms with Gasteiger partial charge in [0.2, 0.25) is 5.78 Å². The van der Waals surface area contributed by atoms with Crippen molar-refractivity contribution in [3.63, 3.8) is 0 Å². The third kappa shape index (κ3) is 4.92. The number of aromatic nitrogens is 3. The van der Waals surface area contributed by atoms with Crippen LogP contribution in [0, 0.1) is 34.6 Å². The predicted molar refractivity (Wildman–Crippen MR) is 134 cm³/mol. The monoisotopic (exact) mass is 495 g/mol. The van der Waals surface area contributed by atoms with Crippen LogP contribution in [-0.2, 0) is 16.0 Å². The van der Waals surface area contributed by atoms with E-state index in [9.17, 15) is 9.59 Å². The molecule has 0 amide bonds. The zero-order valence-corrected chi connectivity index (χ0v) is 21.7. The van der Waals surface area contributed by atoms with Gasteiger partial charge in [-0.2, -0.15) is 0 Å². The van der Waals surface area contributed by atoms with Crippen molar-refractivity contribution < 1.29 is 23.6 Å². The molecule has 0 atom stereocenters. The summed E-state index contributed by atoms with van der Waals surface area (Å²) >= 11 is 1.66. The Hall–Kier alpha value is -3.30. The minimum atomic E-state index is -0.614. The van der Waals surface area contributed by atoms with E-state index < -0.39 is 5.97 Å². The van der Waals surface area contributed by atoms with Crippen LogP contribution in [0.25, 0.3) is 22.4 Å². The highest BCUT2D eigenvalue weighted by molar-refractivity contribution is 7.12. The van der Waals surface area contributed by atoms with Crippen molar-refractivity contribution in [2.75, 3.05) is 20.3 Å². The molecule has 0 radical (unpaired) electrons. The summed E-state index contributed by atoms with van der Waals surface area (Å²) in [7, 11) is 1.67. The normalized spacial score (nSPS) is 11.4. The van der Waals surface area contributed by atoms with E-state index in [1.54, 1.807) is 31.4 Å². The fourth-order valence-electron chi connectivity index (χ4n) is 4.36. The molecule has 0 aliphatic carbocycles. The van der Waals surface area contributed by atoms with Crippen LogP contribution in [0.4, 0.5) is 0 Å². The van der Waals surface area contributed by atoms with Crippen molar-refractivity contribution in [2.45, 2.75) is 47.6 Å². The van der Waals surface area contributed by atoms with Crippen LogP contribution in [0.2, 0.25) is 0 Å². The number of fused-ring (bicyclic) bond motifs is 1. The fourth-order valence-corrected chi connectivity index (χ4v) is 5.29. The highest BCUT2D eigenvalue weighted by Gasteiger charge is 2.23. The first-order chi connectivity index (χ1) is 16.7. The van der Waals surface area contributed by atoms with Crippen molar-refractivity contribution in [3.8, 4) is 11.3 Å². The number of carbonyl (C=O) groups is 2. The number of hydrogen-bond donors (Lipinski definition) is 0. The number of ketones is 1. The van der Waals surface area contributed by atoms with Gasteiger partial charge >= 0.3 is 5.97 Å². The number of Topliss-reactive ketones (excluding diaryl/α,β-unsaturated/α-hetero) is 1. The number of thiophene rings is 1. The summed E-state index contributed by atoms with van der Waals surface area (Å²) in [6.07, 6.45) is 0.844. The van der Waals surface area contributed by atoms with Crippen LogP contribution in [0.1, 0.15) is 54.0 Å². The molecule has 0 unspecified atom stereocenters. The number of pyridine rings is 1. The summed E-state index contributed by atoms with van der Waals surface area (Å²) in [6.45, 7) is 10.7. The molecule has 0 saturated carbocycles. The van der Waals surface area contributed by atoms with E-state index >= 15 is 0 Å². The Kier molecular flexibility index (Phi) is 7.18. The lowest BCUT2D eigenvalue weighted by Gasteiger charge is -2.10. The number of methoxy groups -OCH3 is 1. The quantitative estimate of drug-likeness (QED) is 0.175. The third-order valence-corrected chi connectivity index (χ3v) is 7.06. The molecule has 0 aliphatic rings. The molecule has 4 aromatic rings. The summed E-state index contributed by atoms with van der Waals surface area (Å²) in [5.41, 5.74) is 5.00. The first-order valence-electron chi connectivity index (χ1n) is 11.4. The number of ether oxygens (including phenoxy) is 2. The van der Waals surface area contributed by atoms with Crippen molar-refractivity contribution >= 4 is 34.2 Å². The number of aryl methyl sites for hydroxylation is 4. The summed E-state index contributed by atoms with van der Waals surface area (Å²) in [6, 6.07) is 5.56. The van der Waals surface area contributed by atoms with E-state index in [1.165, 1.54) is 0 Å². The molecule has 9 heteroatoms. The van der Waals surface area contributed by atoms with Crippen molar-refractivity contribution in [3.05, 3.63) is 56.2 Å². The predicted octanol–water partition coefficient (Wildman–Crippen LogP) is 5.37. The molecule has 0 bridgehead atoms. The minimum Gasteiger partial charge on any atom is -0.454 e. The van der Waals surface area contributed by atoms with Gasteiger partial charge in [-0.25, -0.2) is 9.78 Å². The molecule has 184 valence electrons. The highest BCUT2D eigenvalue weighted by atomic mass is 32.1. The molecule has 4 aromatic heterocycles. The molecule has 35 heavy (non-hydrogen) atoms. The first kappa shape index (κ1) is 24.8. The number of hydrogen-bond acceptors (Lipinski definition) is 8. The van der Waals surface area contributed by atoms with Gasteiger partial charge in [0, 0.05) is 52.5 Å². The highest BCUT2D eigenvalue weighted by Crippen LogP contribution is 2.33. The average Bonchev–Trinajstić information content (AvgIpc) is 3.46. The Labute approximate surface area is 207 Å². The van der Waals surface area contributed by atoms with Crippen LogP contribution in [-0.4, -0.2) is 46.8 Å². The lowest BCUT2D eigenvalue weighted by Crippen LogP contribution is -2.16. The van der Waals surface area contributed by atoms with E-state index in [1.807, 2.05) is 39.8 Å². The third-order valence-electron chi connectivity index (χ3n) is 6.09. The molecule has 0 spiro atoms. The molecular weight excluding hydrogens is 466 g/mol. The summed E-state index contributed by atoms with van der Waals surface area (Å²) in [4.78, 5) is 32.9. The molecule has 4 rings (SSSR count). The maximum atomic E-state index is 13.2. The second-order valence-corrected chi connectivity index (χ2v) is 10.1. The number of nitrogens with zero attached hydrogens (tertiary/aromatic N) is 3. The van der Waals surface area contributed by atoms with Crippen LogP contribution in [0.15, 0.2) is 22.7 Å². The number of rotatable bonds is 9. The van der Waals surface area contributed by atoms with Gasteiger partial charge in [-0.3, -0.25) is 4.79 Å². The van der Waals surface area contributed by atoms with Gasteiger partial charge in [0.15, 0.2) is 6.61 Å². The zero-order chi connectivity index (χ0) is 25.3. The van der Waals surface area contributed by atoms with Crippen LogP contribution >= 0.6 is 11.3 Å². The molecule has 8 nitrogen and oxygen atoms in total. The minimum absolute atomic E-state index is 0.249. The van der Waals surface area contributed by atoms with Crippen molar-refractivity contribution in [2.24, 2.45) is 0 Å². The lowest BCUT2D eigenvalue weighted by molar-refractivity contribution is 0.0476. The summed E-state index contributed by atoms with van der Waals surface area (Å²) in [5, 5.41) is 4.47. The second kappa shape index (κ2) is 10.1. The number of carbonyl (C=O) groups excluding carboxylic acids is 2. The Morgan fingerprint density at radius 1 is 1.09 bits per heavy atom. The SMILES string of the molecule is COCCCn1c(C)cc(C(=O)COC(=O)c2cc(-c3cc(C)sc3C)nc3onc(C)c23)c1C. The van der Waals surface area contributed by atoms with E-state index in [0.717, 1.165) is 39.7 Å². The lowest BCUT2D eigenvalue weighted by atomic mass is 10.1. The van der Waals surface area contributed by atoms with Gasteiger partial charge < -0.3 is 18.6 Å². The van der Waals surface area contributed by atoms with Gasteiger partial charge in [-0.15, -0.1) is 11.3 Å². The molecule has 4 heterocycles. The van der Waals surface area contributed by atoms with Crippen LogP contribution in [0.3, 0.4) is 0 Å². The summed E-state index contributed by atoms with van der Waals surface area (Å²) in [5.74, 6) is -0.863. The van der Waals surface area contributed by atoms with Gasteiger partial charge in [-0.05, 0) is 59.2 Å². The molecule has 0 aromatic carbocycles. The largest absolute Gasteiger partial charge is 0.454 e. The van der Waals surface area contributed by atoms with E-state index in [0.29, 0.717) is 28.9 Å². The molecule has 0 fully saturated rings. The Bertz CT molecular complexity index is 1410. The van der Waals surface area contributed by atoms with Gasteiger partial charge in [0.25, 0.3) is 5.71 Å². The summed E-state index contributed by atoms with van der Waals surface area (Å²) < 4.78 is 18.1. The maximum Gasteiger partial charge on any atom is 0.339 e. The maximum absolute atomic E-state index is 13.2. The van der Waals surface area contributed by atoms with Crippen LogP contribution in [0.5, 0.6) is 0 Å². The fraction of sp³-hybridized carbons (Fsp3) is 0.385. The Morgan fingerprint density at radius 3 is 2.54 bits per heavy atom. The van der Waals surface area contributed by atoms with E-state index in [4.69, 9.17) is 14.0 Å². The second-order valence-electron chi connectivity index (χ2n) is 8.61. The zero-order valence-electron chi connectivity index (χ0n) is 20.9. The standard InChI is InChI=1S/C26H29N3O5S/c1-14-10-19(17(4)29(14)8-7-9-32-6)23(30)13-33-26(31)21-12-22(20-11-15(2)35-18(20)5)27-25-24(21)16(3)28-34-25/h10-12H,7-9,13H2,1-6H3. The Balaban J connectivity index is 1.58. The van der Waals surface area contributed by atoms with Crippen molar-refractivity contribution in [1.29, 1.82) is 0 Å².